The van der Waals surface area contributed by atoms with E-state index in [1.54, 1.807) is 12.1 Å². The van der Waals surface area contributed by atoms with E-state index in [1.165, 1.54) is 24.3 Å². The van der Waals surface area contributed by atoms with Gasteiger partial charge in [0, 0.05) is 5.92 Å². The standard InChI is InChI=1S/C27H32ClNO6/c1-4-6-17-12-19-24(26(32)29(25(19)31)27(33)34-3)20-14-35-22(23(17)20)10-7-15(5-2)11-16-8-9-18(30)13-21(16)28/h8-9,11,13,19-20,22,24,30H,4-7,10,12,14H2,1-3H3/b15-11+/t19-,20+,22-,24-/m1/s1. The van der Waals surface area contributed by atoms with Crippen molar-refractivity contribution in [2.45, 2.75) is 58.5 Å². The van der Waals surface area contributed by atoms with Crippen LogP contribution < -0.4 is 0 Å². The zero-order chi connectivity index (χ0) is 25.3. The van der Waals surface area contributed by atoms with Crippen LogP contribution in [0.4, 0.5) is 4.79 Å². The molecule has 2 fully saturated rings. The number of benzene rings is 1. The minimum absolute atomic E-state index is 0.122. The van der Waals surface area contributed by atoms with Crippen LogP contribution in [-0.2, 0) is 19.1 Å². The van der Waals surface area contributed by atoms with E-state index < -0.39 is 29.7 Å². The molecule has 1 N–H and O–H groups in total. The number of methoxy groups -OCH3 is 1. The van der Waals surface area contributed by atoms with E-state index in [2.05, 4.69) is 19.9 Å². The molecule has 0 bridgehead atoms. The number of fused-ring (bicyclic) bond motifs is 3. The van der Waals surface area contributed by atoms with Crippen molar-refractivity contribution < 1.29 is 29.0 Å². The van der Waals surface area contributed by atoms with Crippen LogP contribution in [0.5, 0.6) is 5.75 Å². The van der Waals surface area contributed by atoms with Gasteiger partial charge in [-0.25, -0.2) is 4.79 Å². The Labute approximate surface area is 210 Å². The zero-order valence-corrected chi connectivity index (χ0v) is 21.1. The maximum atomic E-state index is 13.1. The second-order valence-corrected chi connectivity index (χ2v) is 9.86. The van der Waals surface area contributed by atoms with Crippen molar-refractivity contribution in [1.29, 1.82) is 0 Å². The fourth-order valence-corrected chi connectivity index (χ4v) is 6.03. The molecule has 35 heavy (non-hydrogen) atoms. The molecule has 188 valence electrons. The predicted molar refractivity (Wildman–Crippen MR) is 132 cm³/mol. The number of aromatic hydroxyl groups is 1. The number of hydrogen-bond donors (Lipinski definition) is 1. The van der Waals surface area contributed by atoms with Gasteiger partial charge >= 0.3 is 6.09 Å². The summed E-state index contributed by atoms with van der Waals surface area (Å²) in [7, 11) is 1.18. The van der Waals surface area contributed by atoms with E-state index >= 15 is 0 Å². The highest BCUT2D eigenvalue weighted by Gasteiger charge is 2.58. The van der Waals surface area contributed by atoms with Crippen LogP contribution in [0, 0.1) is 17.8 Å². The number of hydrogen-bond acceptors (Lipinski definition) is 6. The second-order valence-electron chi connectivity index (χ2n) is 9.46. The Balaban J connectivity index is 1.56. The normalized spacial score (nSPS) is 26.3. The topological polar surface area (TPSA) is 93.1 Å². The summed E-state index contributed by atoms with van der Waals surface area (Å²) in [4.78, 5) is 38.9. The minimum Gasteiger partial charge on any atom is -0.508 e. The Morgan fingerprint density at radius 3 is 2.69 bits per heavy atom. The first kappa shape index (κ1) is 25.5. The molecule has 3 amide bonds. The van der Waals surface area contributed by atoms with Crippen molar-refractivity contribution in [1.82, 2.24) is 4.90 Å². The van der Waals surface area contributed by atoms with Crippen LogP contribution >= 0.6 is 11.6 Å². The summed E-state index contributed by atoms with van der Waals surface area (Å²) in [6.07, 6.45) is 5.68. The molecule has 7 nitrogen and oxygen atoms in total. The first-order valence-corrected chi connectivity index (χ1v) is 12.7. The summed E-state index contributed by atoms with van der Waals surface area (Å²) in [5.74, 6) is -2.07. The van der Waals surface area contributed by atoms with Crippen LogP contribution in [0.2, 0.25) is 5.02 Å². The highest BCUT2D eigenvalue weighted by Crippen LogP contribution is 2.50. The first-order valence-electron chi connectivity index (χ1n) is 12.3. The van der Waals surface area contributed by atoms with Crippen molar-refractivity contribution in [3.8, 4) is 5.75 Å². The summed E-state index contributed by atoms with van der Waals surface area (Å²) in [6.45, 7) is 4.56. The molecule has 1 aromatic carbocycles. The highest BCUT2D eigenvalue weighted by molar-refractivity contribution is 6.32. The number of nitrogens with zero attached hydrogens (tertiary/aromatic N) is 1. The van der Waals surface area contributed by atoms with Crippen molar-refractivity contribution in [2.24, 2.45) is 17.8 Å². The Kier molecular flexibility index (Phi) is 7.67. The van der Waals surface area contributed by atoms with Gasteiger partial charge < -0.3 is 14.6 Å². The molecule has 8 heteroatoms. The lowest BCUT2D eigenvalue weighted by atomic mass is 9.68. The van der Waals surface area contributed by atoms with E-state index in [-0.39, 0.29) is 17.8 Å². The number of imide groups is 3. The van der Waals surface area contributed by atoms with Gasteiger partial charge in [0.05, 0.1) is 36.7 Å². The molecule has 0 unspecified atom stereocenters. The molecule has 1 aromatic rings. The SMILES string of the molecule is CCCC1=C2[C@@H](CC/C(=C/c3ccc(O)cc3Cl)CC)OC[C@@H]2[C@@H]2C(=O)N(C(=O)OC)C(=O)[C@@H]2C1. The van der Waals surface area contributed by atoms with Gasteiger partial charge in [-0.15, -0.1) is 0 Å². The Hall–Kier alpha value is -2.64. The molecule has 2 saturated heterocycles. The van der Waals surface area contributed by atoms with Crippen molar-refractivity contribution in [3.05, 3.63) is 45.5 Å². The Morgan fingerprint density at radius 1 is 1.26 bits per heavy atom. The number of halogens is 1. The maximum absolute atomic E-state index is 13.1. The fraction of sp³-hybridized carbons (Fsp3) is 0.519. The third kappa shape index (κ3) is 4.76. The van der Waals surface area contributed by atoms with Gasteiger partial charge in [-0.3, -0.25) is 9.59 Å². The van der Waals surface area contributed by atoms with E-state index in [4.69, 9.17) is 21.1 Å². The van der Waals surface area contributed by atoms with Crippen molar-refractivity contribution in [3.63, 3.8) is 0 Å². The van der Waals surface area contributed by atoms with Gasteiger partial charge in [-0.1, -0.05) is 49.1 Å². The van der Waals surface area contributed by atoms with Gasteiger partial charge in [-0.05, 0) is 61.4 Å². The smallest absolute Gasteiger partial charge is 0.423 e. The Bertz CT molecular complexity index is 1090. The molecular weight excluding hydrogens is 470 g/mol. The van der Waals surface area contributed by atoms with Crippen LogP contribution in [-0.4, -0.2) is 47.7 Å². The molecule has 0 radical (unpaired) electrons. The van der Waals surface area contributed by atoms with Gasteiger partial charge in [0.2, 0.25) is 11.8 Å². The zero-order valence-electron chi connectivity index (χ0n) is 20.4. The lowest BCUT2D eigenvalue weighted by Gasteiger charge is -2.31. The number of allylic oxidation sites excluding steroid dienone is 2. The third-order valence-electron chi connectivity index (χ3n) is 7.44. The molecule has 3 aliphatic rings. The van der Waals surface area contributed by atoms with E-state index in [0.717, 1.165) is 43.2 Å². The molecule has 2 aliphatic heterocycles. The first-order chi connectivity index (χ1) is 16.8. The fourth-order valence-electron chi connectivity index (χ4n) is 5.80. The molecule has 0 spiro atoms. The van der Waals surface area contributed by atoms with Crippen molar-refractivity contribution in [2.75, 3.05) is 13.7 Å². The molecule has 2 heterocycles. The van der Waals surface area contributed by atoms with E-state index in [9.17, 15) is 19.5 Å². The number of rotatable bonds is 7. The van der Waals surface area contributed by atoms with Crippen LogP contribution in [0.1, 0.15) is 57.9 Å². The largest absolute Gasteiger partial charge is 0.508 e. The number of ether oxygens (including phenoxy) is 2. The molecule has 1 aliphatic carbocycles. The average Bonchev–Trinajstić information content (AvgIpc) is 3.36. The van der Waals surface area contributed by atoms with Crippen LogP contribution in [0.15, 0.2) is 34.9 Å². The summed E-state index contributed by atoms with van der Waals surface area (Å²) in [5.41, 5.74) is 4.41. The lowest BCUT2D eigenvalue weighted by molar-refractivity contribution is -0.137. The van der Waals surface area contributed by atoms with Gasteiger partial charge in [-0.2, -0.15) is 4.90 Å². The monoisotopic (exact) mass is 501 g/mol. The number of amides is 3. The van der Waals surface area contributed by atoms with E-state index in [1.807, 2.05) is 0 Å². The molecule has 4 rings (SSSR count). The molecular formula is C27H32ClNO6. The number of phenols is 1. The molecule has 0 saturated carbocycles. The summed E-state index contributed by atoms with van der Waals surface area (Å²) in [6, 6.07) is 4.95. The minimum atomic E-state index is -0.908. The summed E-state index contributed by atoms with van der Waals surface area (Å²) >= 11 is 6.29. The predicted octanol–water partition coefficient (Wildman–Crippen LogP) is 5.50. The van der Waals surface area contributed by atoms with Gasteiger partial charge in [0.15, 0.2) is 0 Å². The average molecular weight is 502 g/mol. The van der Waals surface area contributed by atoms with Crippen LogP contribution in [0.25, 0.3) is 6.08 Å². The van der Waals surface area contributed by atoms with Crippen LogP contribution in [0.3, 0.4) is 0 Å². The highest BCUT2D eigenvalue weighted by atomic mass is 35.5. The van der Waals surface area contributed by atoms with Gasteiger partial charge in [0.25, 0.3) is 0 Å². The van der Waals surface area contributed by atoms with Crippen molar-refractivity contribution >= 4 is 35.6 Å². The number of carbonyl (C=O) groups excluding carboxylic acids is 3. The number of phenolic OH excluding ortho intramolecular Hbond substituents is 1. The van der Waals surface area contributed by atoms with Gasteiger partial charge in [0.1, 0.15) is 5.75 Å². The number of carbonyl (C=O) groups is 3. The van der Waals surface area contributed by atoms with E-state index in [0.29, 0.717) is 23.0 Å². The summed E-state index contributed by atoms with van der Waals surface area (Å²) < 4.78 is 10.9. The Morgan fingerprint density at radius 2 is 2.03 bits per heavy atom. The second kappa shape index (κ2) is 10.5. The number of likely N-dealkylation sites (tertiary alicyclic amines) is 1. The molecule has 0 aromatic heterocycles. The molecule has 4 atom stereocenters. The quantitative estimate of drug-likeness (QED) is 0.391. The third-order valence-corrected chi connectivity index (χ3v) is 7.77. The summed E-state index contributed by atoms with van der Waals surface area (Å²) in [5, 5.41) is 10.1. The lowest BCUT2D eigenvalue weighted by Crippen LogP contribution is -2.38. The maximum Gasteiger partial charge on any atom is 0.423 e.